The lowest BCUT2D eigenvalue weighted by Gasteiger charge is -2.10. The molecule has 3 heteroatoms. The van der Waals surface area contributed by atoms with Crippen LogP contribution in [0.1, 0.15) is 24.8 Å². The first-order valence-electron chi connectivity index (χ1n) is 5.72. The molecular weight excluding hydrogens is 252 g/mol. The van der Waals surface area contributed by atoms with Crippen molar-refractivity contribution >= 4 is 22.4 Å². The predicted molar refractivity (Wildman–Crippen MR) is 73.5 cm³/mol. The number of hydrogen-bond acceptors (Lipinski definition) is 1. The lowest BCUT2D eigenvalue weighted by Crippen LogP contribution is -1.97. The summed E-state index contributed by atoms with van der Waals surface area (Å²) in [4.78, 5) is 0.770. The Morgan fingerprint density at radius 3 is 2.59 bits per heavy atom. The van der Waals surface area contributed by atoms with Crippen LogP contribution in [0.25, 0.3) is 0 Å². The van der Waals surface area contributed by atoms with Crippen LogP contribution in [0.5, 0.6) is 0 Å². The Bertz CT molecular complexity index is 485. The quantitative estimate of drug-likeness (QED) is 0.780. The molecule has 0 aliphatic heterocycles. The van der Waals surface area contributed by atoms with Gasteiger partial charge in [-0.15, -0.1) is 0 Å². The van der Waals surface area contributed by atoms with Crippen LogP contribution in [0.15, 0.2) is 51.3 Å². The van der Waals surface area contributed by atoms with Crippen molar-refractivity contribution < 1.29 is 4.21 Å². The smallest absolute Gasteiger partial charge is 0.113 e. The van der Waals surface area contributed by atoms with Crippen LogP contribution >= 0.6 is 11.6 Å². The lowest BCUT2D eigenvalue weighted by atomic mass is 10.0. The second-order valence-electron chi connectivity index (χ2n) is 4.18. The molecule has 0 saturated carbocycles. The Labute approximate surface area is 110 Å². The molecule has 0 bridgehead atoms. The molecule has 90 valence electrons. The fourth-order valence-corrected chi connectivity index (χ4v) is 3.19. The standard InChI is InChI=1S/C14H15ClOS/c1-11-7-9-13(10-8-11)17(16)14(15)12-5-3-2-4-6-12/h3,5,7-10H,2,4,6H2,1H3/b14-12+/t17-/m1/s1. The van der Waals surface area contributed by atoms with Crippen molar-refractivity contribution in [3.63, 3.8) is 0 Å². The number of aryl methyl sites for hydroxylation is 1. The molecule has 0 heterocycles. The average molecular weight is 267 g/mol. The van der Waals surface area contributed by atoms with Gasteiger partial charge >= 0.3 is 0 Å². The van der Waals surface area contributed by atoms with Gasteiger partial charge in [-0.3, -0.25) is 0 Å². The number of allylic oxidation sites excluding steroid dienone is 3. The summed E-state index contributed by atoms with van der Waals surface area (Å²) in [5.74, 6) is 0. The number of hydrogen-bond donors (Lipinski definition) is 0. The number of rotatable bonds is 2. The highest BCUT2D eigenvalue weighted by atomic mass is 35.5. The molecule has 0 fully saturated rings. The molecule has 0 radical (unpaired) electrons. The van der Waals surface area contributed by atoms with E-state index in [9.17, 15) is 4.21 Å². The van der Waals surface area contributed by atoms with Gasteiger partial charge in [0.2, 0.25) is 0 Å². The normalized spacial score (nSPS) is 20.1. The molecule has 0 saturated heterocycles. The van der Waals surface area contributed by atoms with Crippen LogP contribution in [-0.4, -0.2) is 4.21 Å². The molecule has 1 aliphatic carbocycles. The van der Waals surface area contributed by atoms with Gasteiger partial charge in [-0.1, -0.05) is 41.4 Å². The van der Waals surface area contributed by atoms with Crippen LogP contribution in [0.4, 0.5) is 0 Å². The third kappa shape index (κ3) is 3.08. The van der Waals surface area contributed by atoms with Crippen LogP contribution in [0.2, 0.25) is 0 Å². The molecule has 0 N–H and O–H groups in total. The van der Waals surface area contributed by atoms with E-state index < -0.39 is 10.8 Å². The van der Waals surface area contributed by atoms with Gasteiger partial charge in [-0.05, 0) is 43.9 Å². The summed E-state index contributed by atoms with van der Waals surface area (Å²) in [5.41, 5.74) is 2.17. The summed E-state index contributed by atoms with van der Waals surface area (Å²) in [5, 5.41) is 0. The van der Waals surface area contributed by atoms with E-state index in [0.717, 1.165) is 35.3 Å². The molecule has 0 unspecified atom stereocenters. The van der Waals surface area contributed by atoms with E-state index >= 15 is 0 Å². The predicted octanol–water partition coefficient (Wildman–Crippen LogP) is 4.29. The highest BCUT2D eigenvalue weighted by Crippen LogP contribution is 2.27. The van der Waals surface area contributed by atoms with Gasteiger partial charge in [0.05, 0.1) is 10.8 Å². The second kappa shape index (κ2) is 5.65. The van der Waals surface area contributed by atoms with Gasteiger partial charge in [-0.2, -0.15) is 0 Å². The molecule has 0 spiro atoms. The number of halogens is 1. The maximum atomic E-state index is 12.2. The summed E-state index contributed by atoms with van der Waals surface area (Å²) < 4.78 is 12.7. The van der Waals surface area contributed by atoms with Crippen molar-refractivity contribution in [2.75, 3.05) is 0 Å². The SMILES string of the molecule is Cc1ccc([S@@](=O)/C(Cl)=C2\C=CCCC2)cc1. The lowest BCUT2D eigenvalue weighted by molar-refractivity contribution is 0.687. The Hall–Kier alpha value is -0.860. The van der Waals surface area contributed by atoms with Crippen molar-refractivity contribution in [1.82, 2.24) is 0 Å². The minimum absolute atomic E-state index is 0.477. The molecule has 1 aromatic rings. The number of benzene rings is 1. The molecule has 1 atom stereocenters. The van der Waals surface area contributed by atoms with Gasteiger partial charge in [-0.25, -0.2) is 4.21 Å². The molecule has 17 heavy (non-hydrogen) atoms. The molecule has 1 aromatic carbocycles. The minimum atomic E-state index is -1.24. The van der Waals surface area contributed by atoms with E-state index in [0.29, 0.717) is 4.36 Å². The van der Waals surface area contributed by atoms with Gasteiger partial charge in [0.15, 0.2) is 0 Å². The van der Waals surface area contributed by atoms with E-state index in [1.54, 1.807) is 0 Å². The Balaban J connectivity index is 2.28. The highest BCUT2D eigenvalue weighted by Gasteiger charge is 2.13. The topological polar surface area (TPSA) is 17.1 Å². The van der Waals surface area contributed by atoms with Crippen LogP contribution in [-0.2, 0) is 10.8 Å². The van der Waals surface area contributed by atoms with Gasteiger partial charge in [0.25, 0.3) is 0 Å². The fourth-order valence-electron chi connectivity index (χ4n) is 1.77. The zero-order valence-electron chi connectivity index (χ0n) is 9.78. The van der Waals surface area contributed by atoms with Crippen LogP contribution in [0.3, 0.4) is 0 Å². The minimum Gasteiger partial charge on any atom is -0.248 e. The monoisotopic (exact) mass is 266 g/mol. The molecule has 0 amide bonds. The summed E-state index contributed by atoms with van der Waals surface area (Å²) >= 11 is 6.21. The average Bonchev–Trinajstić information content (AvgIpc) is 2.39. The van der Waals surface area contributed by atoms with E-state index in [1.807, 2.05) is 37.3 Å². The highest BCUT2D eigenvalue weighted by molar-refractivity contribution is 7.90. The second-order valence-corrected chi connectivity index (χ2v) is 6.19. The van der Waals surface area contributed by atoms with E-state index in [4.69, 9.17) is 11.6 Å². The van der Waals surface area contributed by atoms with Gasteiger partial charge < -0.3 is 0 Å². The zero-order chi connectivity index (χ0) is 12.3. The van der Waals surface area contributed by atoms with Crippen molar-refractivity contribution in [3.05, 3.63) is 51.9 Å². The molecule has 1 aliphatic rings. The van der Waals surface area contributed by atoms with Crippen LogP contribution in [0, 0.1) is 6.92 Å². The Morgan fingerprint density at radius 2 is 2.00 bits per heavy atom. The van der Waals surface area contributed by atoms with Crippen LogP contribution < -0.4 is 0 Å². The first-order valence-corrected chi connectivity index (χ1v) is 7.25. The van der Waals surface area contributed by atoms with Crippen molar-refractivity contribution in [1.29, 1.82) is 0 Å². The first-order chi connectivity index (χ1) is 8.18. The molecular formula is C14H15ClOS. The summed E-state index contributed by atoms with van der Waals surface area (Å²) in [6.45, 7) is 2.01. The summed E-state index contributed by atoms with van der Waals surface area (Å²) in [7, 11) is -1.24. The first kappa shape index (κ1) is 12.6. The maximum Gasteiger partial charge on any atom is 0.113 e. The van der Waals surface area contributed by atoms with Crippen molar-refractivity contribution in [2.24, 2.45) is 0 Å². The molecule has 2 rings (SSSR count). The molecule has 1 nitrogen and oxygen atoms in total. The Kier molecular flexibility index (Phi) is 4.19. The van der Waals surface area contributed by atoms with E-state index in [1.165, 1.54) is 0 Å². The van der Waals surface area contributed by atoms with Gasteiger partial charge in [0, 0.05) is 4.90 Å². The van der Waals surface area contributed by atoms with E-state index in [-0.39, 0.29) is 0 Å². The maximum absolute atomic E-state index is 12.2. The largest absolute Gasteiger partial charge is 0.248 e. The third-order valence-corrected chi connectivity index (χ3v) is 4.74. The third-order valence-electron chi connectivity index (χ3n) is 2.79. The van der Waals surface area contributed by atoms with Crippen molar-refractivity contribution in [3.8, 4) is 0 Å². The van der Waals surface area contributed by atoms with Gasteiger partial charge in [0.1, 0.15) is 4.36 Å². The summed E-state index contributed by atoms with van der Waals surface area (Å²) in [6, 6.07) is 7.67. The van der Waals surface area contributed by atoms with E-state index in [2.05, 4.69) is 6.08 Å². The summed E-state index contributed by atoms with van der Waals surface area (Å²) in [6.07, 6.45) is 7.19. The fraction of sp³-hybridized carbons (Fsp3) is 0.286. The Morgan fingerprint density at radius 1 is 1.29 bits per heavy atom. The molecule has 0 aromatic heterocycles. The van der Waals surface area contributed by atoms with Crippen molar-refractivity contribution in [2.45, 2.75) is 31.1 Å². The zero-order valence-corrected chi connectivity index (χ0v) is 11.4.